The molecule has 2 aliphatic rings. The molecule has 124 valence electrons. The predicted molar refractivity (Wildman–Crippen MR) is 76.9 cm³/mol. The van der Waals surface area contributed by atoms with E-state index in [4.69, 9.17) is 4.74 Å². The number of rotatable bonds is 3. The number of halogens is 3. The molecule has 1 amide bonds. The van der Waals surface area contributed by atoms with Gasteiger partial charge in [0.05, 0.1) is 11.7 Å². The summed E-state index contributed by atoms with van der Waals surface area (Å²) >= 11 is 0. The Morgan fingerprint density at radius 2 is 2.00 bits per heavy atom. The first-order valence-electron chi connectivity index (χ1n) is 7.30. The molecule has 0 aromatic heterocycles. The SMILES string of the molecule is CC1CC(Oc2ccc(C3=NCC(=O)NN3)cc2C(F)(F)F)C1. The molecule has 2 N–H and O–H groups in total. The lowest BCUT2D eigenvalue weighted by Crippen LogP contribution is -2.47. The largest absolute Gasteiger partial charge is 0.490 e. The van der Waals surface area contributed by atoms with Crippen LogP contribution in [-0.2, 0) is 11.0 Å². The Morgan fingerprint density at radius 3 is 2.57 bits per heavy atom. The van der Waals surface area contributed by atoms with Crippen LogP contribution in [0.2, 0.25) is 0 Å². The van der Waals surface area contributed by atoms with Crippen LogP contribution in [0.4, 0.5) is 13.2 Å². The van der Waals surface area contributed by atoms with E-state index in [-0.39, 0.29) is 35.7 Å². The molecule has 0 unspecified atom stereocenters. The van der Waals surface area contributed by atoms with Crippen LogP contribution in [-0.4, -0.2) is 24.4 Å². The molecule has 1 saturated carbocycles. The maximum Gasteiger partial charge on any atom is 0.419 e. The summed E-state index contributed by atoms with van der Waals surface area (Å²) in [4.78, 5) is 14.9. The van der Waals surface area contributed by atoms with Gasteiger partial charge in [0.2, 0.25) is 0 Å². The maximum absolute atomic E-state index is 13.3. The molecule has 1 aromatic carbocycles. The van der Waals surface area contributed by atoms with Crippen molar-refractivity contribution in [2.45, 2.75) is 32.0 Å². The standard InChI is InChI=1S/C15H16F3N3O2/c1-8-4-10(5-8)23-12-3-2-9(6-11(12)15(16,17)18)14-19-7-13(22)20-21-14/h2-3,6,8,10H,4-5,7H2,1H3,(H,19,21)(H,20,22). The number of benzene rings is 1. The topological polar surface area (TPSA) is 62.7 Å². The highest BCUT2D eigenvalue weighted by atomic mass is 19.4. The fraction of sp³-hybridized carbons (Fsp3) is 0.467. The first-order chi connectivity index (χ1) is 10.8. The van der Waals surface area contributed by atoms with E-state index in [0.29, 0.717) is 5.92 Å². The molecule has 0 radical (unpaired) electrons. The Morgan fingerprint density at radius 1 is 1.26 bits per heavy atom. The number of amidine groups is 1. The van der Waals surface area contributed by atoms with Crippen LogP contribution < -0.4 is 15.6 Å². The van der Waals surface area contributed by atoms with Crippen LogP contribution in [0.25, 0.3) is 0 Å². The summed E-state index contributed by atoms with van der Waals surface area (Å²) in [6, 6.07) is 3.79. The van der Waals surface area contributed by atoms with Crippen molar-refractivity contribution < 1.29 is 22.7 Å². The number of nitrogens with one attached hydrogen (secondary N) is 2. The van der Waals surface area contributed by atoms with E-state index in [9.17, 15) is 18.0 Å². The highest BCUT2D eigenvalue weighted by molar-refractivity contribution is 6.02. The molecule has 0 atom stereocenters. The average Bonchev–Trinajstić information content (AvgIpc) is 2.46. The molecule has 3 rings (SSSR count). The second-order valence-corrected chi connectivity index (χ2v) is 5.86. The number of ether oxygens (including phenoxy) is 1. The lowest BCUT2D eigenvalue weighted by molar-refractivity contribution is -0.139. The third-order valence-electron chi connectivity index (χ3n) is 3.88. The van der Waals surface area contributed by atoms with Gasteiger partial charge in [0.25, 0.3) is 5.91 Å². The zero-order valence-corrected chi connectivity index (χ0v) is 12.4. The third-order valence-corrected chi connectivity index (χ3v) is 3.88. The van der Waals surface area contributed by atoms with E-state index < -0.39 is 11.7 Å². The Balaban J connectivity index is 1.88. The third kappa shape index (κ3) is 3.40. The zero-order valence-electron chi connectivity index (χ0n) is 12.4. The fourth-order valence-corrected chi connectivity index (χ4v) is 2.63. The summed E-state index contributed by atoms with van der Waals surface area (Å²) in [6.45, 7) is 1.91. The van der Waals surface area contributed by atoms with E-state index in [2.05, 4.69) is 15.8 Å². The average molecular weight is 327 g/mol. The van der Waals surface area contributed by atoms with Crippen LogP contribution in [0.5, 0.6) is 5.75 Å². The molecule has 5 nitrogen and oxygen atoms in total. The van der Waals surface area contributed by atoms with Gasteiger partial charge < -0.3 is 4.74 Å². The minimum Gasteiger partial charge on any atom is -0.490 e. The van der Waals surface area contributed by atoms with Gasteiger partial charge in [-0.3, -0.25) is 20.6 Å². The molecule has 1 fully saturated rings. The van der Waals surface area contributed by atoms with Crippen molar-refractivity contribution in [3.8, 4) is 5.75 Å². The van der Waals surface area contributed by atoms with Crippen LogP contribution in [0.1, 0.15) is 30.9 Å². The summed E-state index contributed by atoms with van der Waals surface area (Å²) < 4.78 is 45.4. The first-order valence-corrected chi connectivity index (χ1v) is 7.30. The number of carbonyl (C=O) groups is 1. The van der Waals surface area contributed by atoms with Crippen molar-refractivity contribution in [3.63, 3.8) is 0 Å². The zero-order chi connectivity index (χ0) is 16.6. The fourth-order valence-electron chi connectivity index (χ4n) is 2.63. The molecule has 1 heterocycles. The quantitative estimate of drug-likeness (QED) is 0.895. The normalized spacial score (nSPS) is 24.2. The monoisotopic (exact) mass is 327 g/mol. The molecule has 0 spiro atoms. The van der Waals surface area contributed by atoms with E-state index in [1.165, 1.54) is 12.1 Å². The van der Waals surface area contributed by atoms with Gasteiger partial charge >= 0.3 is 6.18 Å². The van der Waals surface area contributed by atoms with E-state index in [0.717, 1.165) is 18.9 Å². The van der Waals surface area contributed by atoms with Crippen molar-refractivity contribution in [1.29, 1.82) is 0 Å². The highest BCUT2D eigenvalue weighted by Crippen LogP contribution is 2.39. The Labute approximate surface area is 130 Å². The molecule has 1 aromatic rings. The smallest absolute Gasteiger partial charge is 0.419 e. The van der Waals surface area contributed by atoms with Crippen LogP contribution >= 0.6 is 0 Å². The van der Waals surface area contributed by atoms with Gasteiger partial charge in [0.15, 0.2) is 0 Å². The second kappa shape index (κ2) is 5.75. The van der Waals surface area contributed by atoms with Gasteiger partial charge in [0.1, 0.15) is 18.1 Å². The summed E-state index contributed by atoms with van der Waals surface area (Å²) in [7, 11) is 0. The van der Waals surface area contributed by atoms with Gasteiger partial charge in [-0.05, 0) is 37.0 Å². The van der Waals surface area contributed by atoms with Crippen molar-refractivity contribution >= 4 is 11.7 Å². The highest BCUT2D eigenvalue weighted by Gasteiger charge is 2.37. The minimum absolute atomic E-state index is 0.123. The molecular weight excluding hydrogens is 311 g/mol. The van der Waals surface area contributed by atoms with Gasteiger partial charge in [-0.2, -0.15) is 13.2 Å². The first kappa shape index (κ1) is 15.6. The van der Waals surface area contributed by atoms with Crippen molar-refractivity contribution in [2.24, 2.45) is 10.9 Å². The minimum atomic E-state index is -4.53. The Bertz CT molecular complexity index is 652. The predicted octanol–water partition coefficient (Wildman–Crippen LogP) is 2.26. The molecular formula is C15H16F3N3O2. The van der Waals surface area contributed by atoms with E-state index in [1.807, 2.05) is 6.92 Å². The second-order valence-electron chi connectivity index (χ2n) is 5.86. The number of carbonyl (C=O) groups excluding carboxylic acids is 1. The molecule has 8 heteroatoms. The van der Waals surface area contributed by atoms with Gasteiger partial charge in [-0.1, -0.05) is 6.92 Å². The number of hydrazine groups is 1. The van der Waals surface area contributed by atoms with Crippen molar-refractivity contribution in [1.82, 2.24) is 10.9 Å². The molecule has 0 saturated heterocycles. The lowest BCUT2D eigenvalue weighted by Gasteiger charge is -2.33. The van der Waals surface area contributed by atoms with Gasteiger partial charge in [-0.25, -0.2) is 0 Å². The number of hydrogen-bond acceptors (Lipinski definition) is 4. The molecule has 1 aliphatic heterocycles. The number of nitrogens with zero attached hydrogens (tertiary/aromatic N) is 1. The van der Waals surface area contributed by atoms with Crippen LogP contribution in [0.15, 0.2) is 23.2 Å². The van der Waals surface area contributed by atoms with Gasteiger partial charge in [0, 0.05) is 5.56 Å². The number of amides is 1. The van der Waals surface area contributed by atoms with Gasteiger partial charge in [-0.15, -0.1) is 0 Å². The lowest BCUT2D eigenvalue weighted by atomic mass is 9.84. The number of alkyl halides is 3. The van der Waals surface area contributed by atoms with Crippen LogP contribution in [0, 0.1) is 5.92 Å². The van der Waals surface area contributed by atoms with Crippen molar-refractivity contribution in [2.75, 3.05) is 6.54 Å². The maximum atomic E-state index is 13.3. The van der Waals surface area contributed by atoms with E-state index in [1.54, 1.807) is 0 Å². The summed E-state index contributed by atoms with van der Waals surface area (Å²) in [5.41, 5.74) is 4.23. The van der Waals surface area contributed by atoms with Crippen molar-refractivity contribution in [3.05, 3.63) is 29.3 Å². The van der Waals surface area contributed by atoms with Crippen LogP contribution in [0.3, 0.4) is 0 Å². The number of aliphatic imine (C=N–C) groups is 1. The summed E-state index contributed by atoms with van der Waals surface area (Å²) in [5.74, 6) is 0.166. The molecule has 0 bridgehead atoms. The van der Waals surface area contributed by atoms with E-state index >= 15 is 0 Å². The Hall–Kier alpha value is -2.25. The summed E-state index contributed by atoms with van der Waals surface area (Å²) in [6.07, 6.45) is -3.17. The molecule has 1 aliphatic carbocycles. The number of hydrogen-bond donors (Lipinski definition) is 2. The Kier molecular flexibility index (Phi) is 3.91. The summed E-state index contributed by atoms with van der Waals surface area (Å²) in [5, 5.41) is 0. The molecule has 23 heavy (non-hydrogen) atoms.